The minimum absolute atomic E-state index is 0.0664. The van der Waals surface area contributed by atoms with E-state index < -0.39 is 12.0 Å². The molecule has 2 unspecified atom stereocenters. The molecule has 2 heterocycles. The third-order valence-electron chi connectivity index (χ3n) is 2.69. The first kappa shape index (κ1) is 8.44. The van der Waals surface area contributed by atoms with Crippen molar-refractivity contribution in [1.82, 2.24) is 4.90 Å². The number of ketones is 1. The molecule has 2 rings (SSSR count). The Morgan fingerprint density at radius 1 is 1.54 bits per heavy atom. The topological polar surface area (TPSA) is 57.6 Å². The van der Waals surface area contributed by atoms with Crippen LogP contribution in [0.15, 0.2) is 12.2 Å². The Balaban J connectivity index is 2.23. The van der Waals surface area contributed by atoms with Crippen LogP contribution in [0.25, 0.3) is 0 Å². The Morgan fingerprint density at radius 3 is 3.00 bits per heavy atom. The molecular formula is C9H11NO3. The Hall–Kier alpha value is -1.16. The quantitative estimate of drug-likeness (QED) is 0.580. The summed E-state index contributed by atoms with van der Waals surface area (Å²) in [5.41, 5.74) is 0. The van der Waals surface area contributed by atoms with E-state index >= 15 is 0 Å². The average Bonchev–Trinajstić information content (AvgIpc) is 2.45. The number of Topliss-reactive ketones (excluding diaryl/α,β-unsaturated/α-hetero) is 1. The first-order valence-corrected chi connectivity index (χ1v) is 4.36. The standard InChI is InChI=1S/C9H11NO3/c11-8-5-7(9(12)13)10-4-2-1-3-6(8)10/h1-2,6-7H,3-5H2,(H,12,13). The van der Waals surface area contributed by atoms with E-state index in [1.807, 2.05) is 12.2 Å². The molecule has 2 aliphatic rings. The van der Waals surface area contributed by atoms with Gasteiger partial charge in [0.1, 0.15) is 6.04 Å². The average molecular weight is 181 g/mol. The monoisotopic (exact) mass is 181 g/mol. The highest BCUT2D eigenvalue weighted by molar-refractivity contribution is 5.93. The van der Waals surface area contributed by atoms with Crippen molar-refractivity contribution in [2.24, 2.45) is 0 Å². The van der Waals surface area contributed by atoms with E-state index in [2.05, 4.69) is 0 Å². The molecule has 13 heavy (non-hydrogen) atoms. The molecule has 0 bridgehead atoms. The summed E-state index contributed by atoms with van der Waals surface area (Å²) in [6, 6.07) is -0.770. The molecule has 1 saturated heterocycles. The number of nitrogens with zero attached hydrogens (tertiary/aromatic N) is 1. The summed E-state index contributed by atoms with van der Waals surface area (Å²) < 4.78 is 0. The highest BCUT2D eigenvalue weighted by Gasteiger charge is 2.43. The maximum absolute atomic E-state index is 11.4. The van der Waals surface area contributed by atoms with Crippen LogP contribution in [0.1, 0.15) is 12.8 Å². The zero-order chi connectivity index (χ0) is 9.42. The van der Waals surface area contributed by atoms with Gasteiger partial charge in [-0.2, -0.15) is 0 Å². The zero-order valence-electron chi connectivity index (χ0n) is 7.14. The van der Waals surface area contributed by atoms with Gasteiger partial charge in [0.2, 0.25) is 0 Å². The van der Waals surface area contributed by atoms with Gasteiger partial charge in [-0.15, -0.1) is 0 Å². The molecular weight excluding hydrogens is 170 g/mol. The van der Waals surface area contributed by atoms with Gasteiger partial charge in [0, 0.05) is 13.0 Å². The molecule has 2 atom stereocenters. The number of fused-ring (bicyclic) bond motifs is 1. The van der Waals surface area contributed by atoms with Gasteiger partial charge in [-0.25, -0.2) is 0 Å². The number of hydrogen-bond donors (Lipinski definition) is 1. The van der Waals surface area contributed by atoms with Crippen molar-refractivity contribution >= 4 is 11.8 Å². The minimum Gasteiger partial charge on any atom is -0.480 e. The molecule has 0 aliphatic carbocycles. The molecule has 0 radical (unpaired) electrons. The van der Waals surface area contributed by atoms with E-state index in [0.29, 0.717) is 13.0 Å². The molecule has 0 aromatic carbocycles. The van der Waals surface area contributed by atoms with E-state index in [1.54, 1.807) is 4.90 Å². The van der Waals surface area contributed by atoms with Crippen molar-refractivity contribution < 1.29 is 14.7 Å². The molecule has 2 aliphatic heterocycles. The number of carbonyl (C=O) groups is 2. The summed E-state index contributed by atoms with van der Waals surface area (Å²) in [5, 5.41) is 8.85. The number of aliphatic carboxylic acids is 1. The number of carboxylic acids is 1. The van der Waals surface area contributed by atoms with Crippen LogP contribution >= 0.6 is 0 Å². The number of carbonyl (C=O) groups excluding carboxylic acids is 1. The van der Waals surface area contributed by atoms with E-state index in [9.17, 15) is 9.59 Å². The lowest BCUT2D eigenvalue weighted by Crippen LogP contribution is -2.42. The van der Waals surface area contributed by atoms with Crippen LogP contribution in [0.4, 0.5) is 0 Å². The first-order chi connectivity index (χ1) is 6.20. The second-order valence-electron chi connectivity index (χ2n) is 3.44. The van der Waals surface area contributed by atoms with Crippen LogP contribution < -0.4 is 0 Å². The predicted octanol–water partition coefficient (Wildman–Crippen LogP) is 0.0429. The summed E-state index contributed by atoms with van der Waals surface area (Å²) in [4.78, 5) is 23.9. The highest BCUT2D eigenvalue weighted by Crippen LogP contribution is 2.26. The molecule has 1 N–H and O–H groups in total. The highest BCUT2D eigenvalue weighted by atomic mass is 16.4. The van der Waals surface area contributed by atoms with Crippen molar-refractivity contribution in [2.45, 2.75) is 24.9 Å². The smallest absolute Gasteiger partial charge is 0.321 e. The zero-order valence-corrected chi connectivity index (χ0v) is 7.14. The fraction of sp³-hybridized carbons (Fsp3) is 0.556. The Labute approximate surface area is 75.8 Å². The third-order valence-corrected chi connectivity index (χ3v) is 2.69. The van der Waals surface area contributed by atoms with Crippen LogP contribution in [0.2, 0.25) is 0 Å². The van der Waals surface area contributed by atoms with Gasteiger partial charge in [0.15, 0.2) is 5.78 Å². The van der Waals surface area contributed by atoms with Gasteiger partial charge in [0.05, 0.1) is 6.04 Å². The van der Waals surface area contributed by atoms with Gasteiger partial charge < -0.3 is 5.11 Å². The SMILES string of the molecule is O=C(O)C1CC(=O)C2CC=CCN12. The van der Waals surface area contributed by atoms with Gasteiger partial charge in [-0.1, -0.05) is 12.2 Å². The number of carboxylic acid groups (broad SMARTS) is 1. The normalized spacial score (nSPS) is 33.4. The van der Waals surface area contributed by atoms with Crippen LogP contribution in [0.3, 0.4) is 0 Å². The lowest BCUT2D eigenvalue weighted by molar-refractivity contribution is -0.142. The van der Waals surface area contributed by atoms with Gasteiger partial charge in [-0.05, 0) is 6.42 Å². The van der Waals surface area contributed by atoms with Gasteiger partial charge in [-0.3, -0.25) is 14.5 Å². The van der Waals surface area contributed by atoms with Crippen LogP contribution in [0, 0.1) is 0 Å². The van der Waals surface area contributed by atoms with E-state index in [-0.39, 0.29) is 18.2 Å². The van der Waals surface area contributed by atoms with E-state index in [0.717, 1.165) is 0 Å². The third kappa shape index (κ3) is 1.27. The summed E-state index contributed by atoms with van der Waals surface area (Å²) in [6.45, 7) is 0.591. The van der Waals surface area contributed by atoms with Crippen molar-refractivity contribution in [3.05, 3.63) is 12.2 Å². The van der Waals surface area contributed by atoms with E-state index in [4.69, 9.17) is 5.11 Å². The Kier molecular flexibility index (Phi) is 1.92. The molecule has 0 aromatic heterocycles. The van der Waals surface area contributed by atoms with Crippen LogP contribution in [0.5, 0.6) is 0 Å². The molecule has 0 saturated carbocycles. The van der Waals surface area contributed by atoms with Gasteiger partial charge in [0.25, 0.3) is 0 Å². The number of rotatable bonds is 1. The molecule has 0 spiro atoms. The molecule has 1 fully saturated rings. The summed E-state index contributed by atoms with van der Waals surface area (Å²) in [5.74, 6) is -0.817. The maximum Gasteiger partial charge on any atom is 0.321 e. The predicted molar refractivity (Wildman–Crippen MR) is 45.3 cm³/mol. The Morgan fingerprint density at radius 2 is 2.31 bits per heavy atom. The molecule has 4 heteroatoms. The fourth-order valence-electron chi connectivity index (χ4n) is 2.02. The molecule has 4 nitrogen and oxygen atoms in total. The van der Waals surface area contributed by atoms with Crippen LogP contribution in [-0.2, 0) is 9.59 Å². The van der Waals surface area contributed by atoms with Crippen LogP contribution in [-0.4, -0.2) is 40.4 Å². The fourth-order valence-corrected chi connectivity index (χ4v) is 2.02. The van der Waals surface area contributed by atoms with Crippen molar-refractivity contribution in [1.29, 1.82) is 0 Å². The lowest BCUT2D eigenvalue weighted by Gasteiger charge is -2.27. The summed E-state index contributed by atoms with van der Waals surface area (Å²) >= 11 is 0. The molecule has 0 aromatic rings. The number of hydrogen-bond acceptors (Lipinski definition) is 3. The first-order valence-electron chi connectivity index (χ1n) is 4.36. The summed E-state index contributed by atoms with van der Waals surface area (Å²) in [6.07, 6.45) is 4.71. The Bertz CT molecular complexity index is 285. The maximum atomic E-state index is 11.4. The second-order valence-corrected chi connectivity index (χ2v) is 3.44. The summed E-state index contributed by atoms with van der Waals surface area (Å²) in [7, 11) is 0. The van der Waals surface area contributed by atoms with Crippen molar-refractivity contribution in [3.63, 3.8) is 0 Å². The lowest BCUT2D eigenvalue weighted by atomic mass is 10.1. The molecule has 0 amide bonds. The molecule has 70 valence electrons. The largest absolute Gasteiger partial charge is 0.480 e. The van der Waals surface area contributed by atoms with Crippen molar-refractivity contribution in [2.75, 3.05) is 6.54 Å². The van der Waals surface area contributed by atoms with E-state index in [1.165, 1.54) is 0 Å². The minimum atomic E-state index is -0.883. The van der Waals surface area contributed by atoms with Gasteiger partial charge >= 0.3 is 5.97 Å². The second kappa shape index (κ2) is 2.96. The van der Waals surface area contributed by atoms with Crippen molar-refractivity contribution in [3.8, 4) is 0 Å².